The van der Waals surface area contributed by atoms with Gasteiger partial charge in [0.15, 0.2) is 0 Å². The van der Waals surface area contributed by atoms with Crippen molar-refractivity contribution in [3.8, 4) is 0 Å². The number of thiol groups is 1. The minimum atomic E-state index is -0.197. The van der Waals surface area contributed by atoms with Crippen molar-refractivity contribution in [2.24, 2.45) is 0 Å². The van der Waals surface area contributed by atoms with Gasteiger partial charge in [-0.25, -0.2) is 9.10 Å². The largest absolute Gasteiger partial charge is 0.332 e. The third-order valence-electron chi connectivity index (χ3n) is 4.74. The Morgan fingerprint density at radius 2 is 1.67 bits per heavy atom. The first kappa shape index (κ1) is 20.9. The molecule has 1 aromatic rings. The zero-order valence-corrected chi connectivity index (χ0v) is 17.2. The number of carbonyl (C=O) groups excluding carboxylic acids is 1. The van der Waals surface area contributed by atoms with Crippen LogP contribution in [-0.4, -0.2) is 11.6 Å². The van der Waals surface area contributed by atoms with Gasteiger partial charge >= 0.3 is 6.03 Å². The summed E-state index contributed by atoms with van der Waals surface area (Å²) in [7, 11) is 0. The van der Waals surface area contributed by atoms with Gasteiger partial charge in [-0.2, -0.15) is 0 Å². The van der Waals surface area contributed by atoms with E-state index in [1.807, 2.05) is 0 Å². The van der Waals surface area contributed by atoms with Crippen molar-refractivity contribution in [3.63, 3.8) is 0 Å². The lowest BCUT2D eigenvalue weighted by Crippen LogP contribution is -2.49. The Morgan fingerprint density at radius 3 is 2.04 bits per heavy atom. The van der Waals surface area contributed by atoms with E-state index in [0.29, 0.717) is 11.8 Å². The second kappa shape index (κ2) is 8.80. The molecule has 1 aromatic carbocycles. The van der Waals surface area contributed by atoms with E-state index in [9.17, 15) is 4.79 Å². The van der Waals surface area contributed by atoms with Gasteiger partial charge in [-0.1, -0.05) is 79.0 Å². The number of benzene rings is 1. The molecule has 2 amide bonds. The fraction of sp³-hybridized carbons (Fsp3) is 0.650. The van der Waals surface area contributed by atoms with E-state index >= 15 is 0 Å². The summed E-state index contributed by atoms with van der Waals surface area (Å²) in [5.41, 5.74) is 3.04. The lowest BCUT2D eigenvalue weighted by molar-refractivity contribution is 0.232. The van der Waals surface area contributed by atoms with E-state index in [-0.39, 0.29) is 11.6 Å². The Kier molecular flexibility index (Phi) is 7.65. The topological polar surface area (TPSA) is 32.3 Å². The van der Waals surface area contributed by atoms with Crippen molar-refractivity contribution in [1.29, 1.82) is 0 Å². The van der Waals surface area contributed by atoms with E-state index < -0.39 is 0 Å². The second-order valence-corrected chi connectivity index (χ2v) is 7.90. The minimum absolute atomic E-state index is 0.147. The molecule has 0 radical (unpaired) electrons. The zero-order valence-electron chi connectivity index (χ0n) is 16.3. The van der Waals surface area contributed by atoms with E-state index in [0.717, 1.165) is 36.1 Å². The number of anilines is 1. The molecule has 1 unspecified atom stereocenters. The summed E-state index contributed by atoms with van der Waals surface area (Å²) in [4.78, 5) is 12.9. The molecule has 0 aliphatic heterocycles. The van der Waals surface area contributed by atoms with Crippen LogP contribution in [-0.2, 0) is 0 Å². The van der Waals surface area contributed by atoms with Gasteiger partial charge in [0, 0.05) is 5.54 Å². The molecule has 0 saturated carbocycles. The van der Waals surface area contributed by atoms with Gasteiger partial charge in [-0.05, 0) is 42.7 Å². The molecular weight excluding hydrogens is 316 g/mol. The van der Waals surface area contributed by atoms with E-state index in [4.69, 9.17) is 0 Å². The smallest absolute Gasteiger partial charge is 0.332 e. The van der Waals surface area contributed by atoms with Crippen molar-refractivity contribution < 1.29 is 4.79 Å². The van der Waals surface area contributed by atoms with Gasteiger partial charge in [-0.3, -0.25) is 0 Å². The summed E-state index contributed by atoms with van der Waals surface area (Å²) in [6.07, 6.45) is 2.90. The normalized spacial score (nSPS) is 13.9. The number of nitrogens with one attached hydrogen (secondary N) is 1. The Labute approximate surface area is 153 Å². The first-order valence-electron chi connectivity index (χ1n) is 9.10. The minimum Gasteiger partial charge on any atom is -0.332 e. The average Bonchev–Trinajstić information content (AvgIpc) is 2.53. The summed E-state index contributed by atoms with van der Waals surface area (Å²) in [5.74, 6) is 0.656. The Bertz CT molecular complexity index is 530. The van der Waals surface area contributed by atoms with Gasteiger partial charge in [0.2, 0.25) is 0 Å². The molecule has 0 saturated heterocycles. The highest BCUT2D eigenvalue weighted by molar-refractivity contribution is 7.82. The zero-order chi connectivity index (χ0) is 18.5. The Morgan fingerprint density at radius 1 is 1.17 bits per heavy atom. The average molecular weight is 351 g/mol. The lowest BCUT2D eigenvalue weighted by atomic mass is 9.92. The highest BCUT2D eigenvalue weighted by atomic mass is 32.1. The number of hydrogen-bond donors (Lipinski definition) is 2. The van der Waals surface area contributed by atoms with Crippen LogP contribution >= 0.6 is 12.8 Å². The molecule has 4 heteroatoms. The highest BCUT2D eigenvalue weighted by Crippen LogP contribution is 2.36. The van der Waals surface area contributed by atoms with E-state index in [2.05, 4.69) is 84.8 Å². The summed E-state index contributed by atoms with van der Waals surface area (Å²) in [6.45, 7) is 15.0. The molecule has 1 atom stereocenters. The molecule has 3 nitrogen and oxygen atoms in total. The number of amides is 2. The summed E-state index contributed by atoms with van der Waals surface area (Å²) >= 11 is 4.58. The molecule has 0 spiro atoms. The van der Waals surface area contributed by atoms with Crippen LogP contribution in [0.25, 0.3) is 0 Å². The van der Waals surface area contributed by atoms with Crippen LogP contribution < -0.4 is 9.62 Å². The molecule has 0 heterocycles. The van der Waals surface area contributed by atoms with Crippen LogP contribution in [0.15, 0.2) is 18.2 Å². The quantitative estimate of drug-likeness (QED) is 0.559. The van der Waals surface area contributed by atoms with E-state index in [1.54, 1.807) is 0 Å². The fourth-order valence-electron chi connectivity index (χ4n) is 3.05. The molecule has 0 bridgehead atoms. The molecule has 1 N–H and O–H groups in total. The first-order chi connectivity index (χ1) is 11.2. The molecule has 24 heavy (non-hydrogen) atoms. The van der Waals surface area contributed by atoms with E-state index in [1.165, 1.54) is 4.31 Å². The van der Waals surface area contributed by atoms with Gasteiger partial charge in [-0.15, -0.1) is 0 Å². The van der Waals surface area contributed by atoms with Gasteiger partial charge < -0.3 is 5.32 Å². The van der Waals surface area contributed by atoms with Crippen molar-refractivity contribution in [3.05, 3.63) is 29.3 Å². The Hall–Kier alpha value is -1.16. The second-order valence-electron chi connectivity index (χ2n) is 7.50. The predicted molar refractivity (Wildman–Crippen MR) is 108 cm³/mol. The van der Waals surface area contributed by atoms with Crippen molar-refractivity contribution >= 4 is 24.5 Å². The van der Waals surface area contributed by atoms with Crippen LogP contribution in [0.5, 0.6) is 0 Å². The summed E-state index contributed by atoms with van der Waals surface area (Å²) in [6, 6.07) is 6.10. The first-order valence-corrected chi connectivity index (χ1v) is 9.50. The predicted octanol–water partition coefficient (Wildman–Crippen LogP) is 6.26. The number of urea groups is 1. The van der Waals surface area contributed by atoms with Crippen molar-refractivity contribution in [2.45, 2.75) is 85.1 Å². The number of nitrogens with zero attached hydrogens (tertiary/aromatic N) is 1. The Balaban J connectivity index is 3.22. The van der Waals surface area contributed by atoms with Crippen LogP contribution in [0.2, 0.25) is 0 Å². The maximum Gasteiger partial charge on any atom is 0.332 e. The number of rotatable bonds is 7. The number of hydrogen-bond acceptors (Lipinski definition) is 2. The fourth-order valence-corrected chi connectivity index (χ4v) is 3.33. The number of para-hydroxylation sites is 1. The van der Waals surface area contributed by atoms with Crippen molar-refractivity contribution in [1.82, 2.24) is 5.32 Å². The van der Waals surface area contributed by atoms with Gasteiger partial charge in [0.1, 0.15) is 0 Å². The van der Waals surface area contributed by atoms with Crippen LogP contribution in [0.1, 0.15) is 90.7 Å². The molecule has 0 aliphatic carbocycles. The van der Waals surface area contributed by atoms with Crippen LogP contribution in [0.4, 0.5) is 10.5 Å². The molecular formula is C20H34N2OS. The molecule has 0 aliphatic rings. The summed E-state index contributed by atoms with van der Waals surface area (Å²) < 4.78 is 1.51. The highest BCUT2D eigenvalue weighted by Gasteiger charge is 2.28. The molecule has 0 aromatic heterocycles. The third-order valence-corrected chi connectivity index (χ3v) is 5.12. The number of carbonyl (C=O) groups is 1. The van der Waals surface area contributed by atoms with Crippen LogP contribution in [0.3, 0.4) is 0 Å². The third kappa shape index (κ3) is 4.92. The summed E-state index contributed by atoms with van der Waals surface area (Å²) in [5, 5.41) is 3.19. The maximum atomic E-state index is 12.9. The monoisotopic (exact) mass is 350 g/mol. The van der Waals surface area contributed by atoms with Gasteiger partial charge in [0.05, 0.1) is 5.69 Å². The lowest BCUT2D eigenvalue weighted by Gasteiger charge is -2.33. The molecule has 1 rings (SSSR count). The maximum absolute atomic E-state index is 12.9. The van der Waals surface area contributed by atoms with Gasteiger partial charge in [0.25, 0.3) is 0 Å². The van der Waals surface area contributed by atoms with Crippen molar-refractivity contribution in [2.75, 3.05) is 4.31 Å². The SMILES string of the molecule is CCCC(C)(CC)NC(=O)N(S)c1c(C(C)C)cccc1C(C)C. The molecule has 136 valence electrons. The molecule has 0 fully saturated rings. The standard InChI is InChI=1S/C20H34N2OS/c1-8-13-20(7,9-2)21-19(23)22(24)18-16(14(3)4)11-10-12-17(18)15(5)6/h10-12,14-15,24H,8-9,13H2,1-7H3,(H,21,23). The van der Waals surface area contributed by atoms with Crippen LogP contribution in [0, 0.1) is 0 Å².